The fourth-order valence-corrected chi connectivity index (χ4v) is 6.07. The van der Waals surface area contributed by atoms with Gasteiger partial charge in [-0.25, -0.2) is 4.98 Å². The van der Waals surface area contributed by atoms with Crippen LogP contribution in [0.1, 0.15) is 66.5 Å². The molecule has 0 radical (unpaired) electrons. The highest BCUT2D eigenvalue weighted by Gasteiger charge is 2.24. The molecule has 0 aliphatic heterocycles. The minimum absolute atomic E-state index is 0.0215. The van der Waals surface area contributed by atoms with Gasteiger partial charge in [0.05, 0.1) is 11.3 Å². The minimum Gasteiger partial charge on any atom is -0.353 e. The summed E-state index contributed by atoms with van der Waals surface area (Å²) in [6.07, 6.45) is 4.62. The van der Waals surface area contributed by atoms with E-state index in [9.17, 15) is 9.59 Å². The Morgan fingerprint density at radius 1 is 1.25 bits per heavy atom. The average molecular weight is 421 g/mol. The average Bonchev–Trinajstić information content (AvgIpc) is 3.17. The van der Waals surface area contributed by atoms with Gasteiger partial charge in [-0.1, -0.05) is 11.8 Å². The number of aryl methyl sites for hydroxylation is 3. The Balaban J connectivity index is 1.42. The maximum Gasteiger partial charge on any atom is 0.222 e. The van der Waals surface area contributed by atoms with E-state index in [1.54, 1.807) is 22.9 Å². The van der Waals surface area contributed by atoms with Crippen LogP contribution in [0.2, 0.25) is 0 Å². The van der Waals surface area contributed by atoms with Crippen LogP contribution < -0.4 is 5.32 Å². The van der Waals surface area contributed by atoms with E-state index in [1.807, 2.05) is 32.5 Å². The topological polar surface area (TPSA) is 76.9 Å². The summed E-state index contributed by atoms with van der Waals surface area (Å²) in [5, 5.41) is 10.3. The molecule has 0 spiro atoms. The predicted molar refractivity (Wildman–Crippen MR) is 113 cm³/mol. The fraction of sp³-hybridized carbons (Fsp3) is 0.600. The molecular formula is C20H28N4O2S2. The van der Waals surface area contributed by atoms with E-state index < -0.39 is 0 Å². The second kappa shape index (κ2) is 9.22. The molecule has 1 aliphatic rings. The third kappa shape index (κ3) is 5.23. The number of thiazole rings is 1. The summed E-state index contributed by atoms with van der Waals surface area (Å²) in [5.74, 6) is 0.0804. The summed E-state index contributed by atoms with van der Waals surface area (Å²) < 4.78 is 2.93. The molecule has 0 aromatic carbocycles. The summed E-state index contributed by atoms with van der Waals surface area (Å²) in [5.41, 5.74) is 3.34. The Morgan fingerprint density at radius 2 is 1.96 bits per heavy atom. The van der Waals surface area contributed by atoms with Crippen LogP contribution >= 0.6 is 23.1 Å². The van der Waals surface area contributed by atoms with Gasteiger partial charge in [-0.3, -0.25) is 14.3 Å². The molecule has 3 rings (SSSR count). The summed E-state index contributed by atoms with van der Waals surface area (Å²) >= 11 is 3.59. The first-order chi connectivity index (χ1) is 13.3. The van der Waals surface area contributed by atoms with Crippen LogP contribution in [-0.4, -0.2) is 37.7 Å². The number of amides is 1. The lowest BCUT2D eigenvalue weighted by molar-refractivity contribution is -0.122. The van der Waals surface area contributed by atoms with Gasteiger partial charge in [-0.15, -0.1) is 11.3 Å². The largest absolute Gasteiger partial charge is 0.353 e. The van der Waals surface area contributed by atoms with Crippen molar-refractivity contribution in [1.82, 2.24) is 20.1 Å². The fourth-order valence-electron chi connectivity index (χ4n) is 3.79. The molecule has 1 aliphatic carbocycles. The van der Waals surface area contributed by atoms with Crippen molar-refractivity contribution in [2.75, 3.05) is 0 Å². The molecule has 0 unspecified atom stereocenters. The summed E-state index contributed by atoms with van der Waals surface area (Å²) in [4.78, 5) is 28.6. The second-order valence-corrected chi connectivity index (χ2v) is 9.89. The normalized spacial score (nSPS) is 19.6. The molecular weight excluding hydrogens is 392 g/mol. The number of thioether (sulfide) groups is 1. The summed E-state index contributed by atoms with van der Waals surface area (Å²) in [7, 11) is 0. The van der Waals surface area contributed by atoms with Gasteiger partial charge in [0, 0.05) is 41.0 Å². The molecule has 2 heterocycles. The van der Waals surface area contributed by atoms with Gasteiger partial charge in [0.25, 0.3) is 0 Å². The molecule has 1 saturated carbocycles. The van der Waals surface area contributed by atoms with Gasteiger partial charge < -0.3 is 5.32 Å². The van der Waals surface area contributed by atoms with Gasteiger partial charge in [-0.05, 0) is 53.4 Å². The number of hydrogen-bond acceptors (Lipinski definition) is 6. The lowest BCUT2D eigenvalue weighted by Gasteiger charge is -2.28. The summed E-state index contributed by atoms with van der Waals surface area (Å²) in [6.45, 7) is 7.81. The Hall–Kier alpha value is -1.67. The van der Waals surface area contributed by atoms with E-state index in [0.29, 0.717) is 23.8 Å². The van der Waals surface area contributed by atoms with Crippen molar-refractivity contribution in [2.45, 2.75) is 82.0 Å². The van der Waals surface area contributed by atoms with Crippen molar-refractivity contribution in [2.24, 2.45) is 0 Å². The van der Waals surface area contributed by atoms with Crippen LogP contribution in [-0.2, 0) is 11.3 Å². The summed E-state index contributed by atoms with van der Waals surface area (Å²) in [6, 6.07) is 0.260. The van der Waals surface area contributed by atoms with E-state index in [-0.39, 0.29) is 17.7 Å². The highest BCUT2D eigenvalue weighted by Crippen LogP contribution is 2.35. The van der Waals surface area contributed by atoms with Crippen LogP contribution in [0.5, 0.6) is 0 Å². The SMILES string of the molecule is CC(=O)c1c(C)nn(CCC(=O)NC2CCC(Sc3nc(C)cs3)CC2)c1C. The monoisotopic (exact) mass is 420 g/mol. The zero-order valence-electron chi connectivity index (χ0n) is 16.9. The molecule has 152 valence electrons. The molecule has 1 fully saturated rings. The number of carbonyl (C=O) groups excluding carboxylic acids is 2. The zero-order valence-corrected chi connectivity index (χ0v) is 18.6. The van der Waals surface area contributed by atoms with Gasteiger partial charge in [0.2, 0.25) is 5.91 Å². The molecule has 1 N–H and O–H groups in total. The molecule has 8 heteroatoms. The predicted octanol–water partition coefficient (Wildman–Crippen LogP) is 4.08. The number of ketones is 1. The lowest BCUT2D eigenvalue weighted by Crippen LogP contribution is -2.38. The van der Waals surface area contributed by atoms with Crippen molar-refractivity contribution in [1.29, 1.82) is 0 Å². The number of nitrogens with zero attached hydrogens (tertiary/aromatic N) is 3. The Kier molecular flexibility index (Phi) is 6.93. The van der Waals surface area contributed by atoms with E-state index in [2.05, 4.69) is 20.8 Å². The second-order valence-electron chi connectivity index (χ2n) is 7.49. The number of carbonyl (C=O) groups is 2. The van der Waals surface area contributed by atoms with Crippen molar-refractivity contribution in [3.8, 4) is 0 Å². The smallest absolute Gasteiger partial charge is 0.222 e. The lowest BCUT2D eigenvalue weighted by atomic mass is 9.95. The van der Waals surface area contributed by atoms with Crippen LogP contribution in [0.25, 0.3) is 0 Å². The Bertz CT molecular complexity index is 851. The van der Waals surface area contributed by atoms with E-state index in [0.717, 1.165) is 47.1 Å². The molecule has 0 atom stereocenters. The minimum atomic E-state index is 0.0215. The standard InChI is InChI=1S/C20H28N4O2S2/c1-12-11-27-20(21-12)28-17-7-5-16(6-8-17)22-18(26)9-10-24-14(3)19(15(4)25)13(2)23-24/h11,16-17H,5-10H2,1-4H3,(H,22,26). The molecule has 6 nitrogen and oxygen atoms in total. The highest BCUT2D eigenvalue weighted by molar-refractivity contribution is 8.01. The zero-order chi connectivity index (χ0) is 20.3. The molecule has 1 amide bonds. The van der Waals surface area contributed by atoms with Crippen molar-refractivity contribution in [3.05, 3.63) is 28.0 Å². The number of Topliss-reactive ketones (excluding diaryl/α,β-unsaturated/α-hetero) is 1. The molecule has 0 saturated heterocycles. The van der Waals surface area contributed by atoms with E-state index >= 15 is 0 Å². The Labute approximate surface area is 174 Å². The first-order valence-electron chi connectivity index (χ1n) is 9.76. The number of aromatic nitrogens is 3. The maximum atomic E-state index is 12.4. The van der Waals surface area contributed by atoms with Crippen molar-refractivity contribution in [3.63, 3.8) is 0 Å². The van der Waals surface area contributed by atoms with Crippen LogP contribution in [0.15, 0.2) is 9.72 Å². The van der Waals surface area contributed by atoms with Crippen LogP contribution in [0, 0.1) is 20.8 Å². The quantitative estimate of drug-likeness (QED) is 0.683. The van der Waals surface area contributed by atoms with Gasteiger partial charge in [0.15, 0.2) is 5.78 Å². The number of nitrogens with one attached hydrogen (secondary N) is 1. The van der Waals surface area contributed by atoms with Crippen LogP contribution in [0.4, 0.5) is 0 Å². The Morgan fingerprint density at radius 3 is 2.54 bits per heavy atom. The molecule has 2 aromatic heterocycles. The highest BCUT2D eigenvalue weighted by atomic mass is 32.2. The number of rotatable bonds is 7. The van der Waals surface area contributed by atoms with E-state index in [4.69, 9.17) is 0 Å². The van der Waals surface area contributed by atoms with Crippen molar-refractivity contribution < 1.29 is 9.59 Å². The third-order valence-electron chi connectivity index (χ3n) is 5.19. The first kappa shape index (κ1) is 21.0. The number of hydrogen-bond donors (Lipinski definition) is 1. The van der Waals surface area contributed by atoms with Crippen LogP contribution in [0.3, 0.4) is 0 Å². The van der Waals surface area contributed by atoms with Crippen molar-refractivity contribution >= 4 is 34.8 Å². The molecule has 28 heavy (non-hydrogen) atoms. The molecule has 2 aromatic rings. The molecule has 0 bridgehead atoms. The van der Waals surface area contributed by atoms with Gasteiger partial charge in [0.1, 0.15) is 4.34 Å². The van der Waals surface area contributed by atoms with Gasteiger partial charge >= 0.3 is 0 Å². The van der Waals surface area contributed by atoms with Gasteiger partial charge in [-0.2, -0.15) is 5.10 Å². The first-order valence-corrected chi connectivity index (χ1v) is 11.5. The third-order valence-corrected chi connectivity index (χ3v) is 7.62. The van der Waals surface area contributed by atoms with E-state index in [1.165, 1.54) is 0 Å². The maximum absolute atomic E-state index is 12.4.